The first-order valence-corrected chi connectivity index (χ1v) is 9.67. The van der Waals surface area contributed by atoms with Crippen LogP contribution in [0.3, 0.4) is 0 Å². The lowest BCUT2D eigenvalue weighted by Gasteiger charge is -2.24. The van der Waals surface area contributed by atoms with E-state index in [1.54, 1.807) is 7.11 Å². The molecule has 1 aromatic heterocycles. The monoisotopic (exact) mass is 362 g/mol. The third-order valence-corrected chi connectivity index (χ3v) is 5.35. The van der Waals surface area contributed by atoms with Crippen LogP contribution in [0, 0.1) is 0 Å². The van der Waals surface area contributed by atoms with Crippen molar-refractivity contribution in [2.75, 3.05) is 20.3 Å². The van der Waals surface area contributed by atoms with Crippen LogP contribution in [-0.4, -0.2) is 29.9 Å². The van der Waals surface area contributed by atoms with E-state index < -0.39 is 0 Å². The number of aromatic nitrogens is 2. The van der Waals surface area contributed by atoms with Crippen molar-refractivity contribution in [3.05, 3.63) is 72.2 Å². The number of rotatable bonds is 6. The lowest BCUT2D eigenvalue weighted by atomic mass is 9.92. The molecular weight excluding hydrogens is 336 g/mol. The van der Waals surface area contributed by atoms with Crippen LogP contribution in [-0.2, 0) is 17.7 Å². The van der Waals surface area contributed by atoms with Crippen molar-refractivity contribution in [2.45, 2.75) is 31.7 Å². The number of hydrogen-bond donors (Lipinski definition) is 0. The van der Waals surface area contributed by atoms with Crippen LogP contribution in [0.4, 0.5) is 0 Å². The molecule has 0 N–H and O–H groups in total. The van der Waals surface area contributed by atoms with Gasteiger partial charge in [-0.3, -0.25) is 0 Å². The Morgan fingerprint density at radius 3 is 2.56 bits per heavy atom. The van der Waals surface area contributed by atoms with Gasteiger partial charge in [-0.25, -0.2) is 4.98 Å². The van der Waals surface area contributed by atoms with Crippen LogP contribution in [0.5, 0.6) is 5.75 Å². The molecule has 0 bridgehead atoms. The number of para-hydroxylation sites is 1. The van der Waals surface area contributed by atoms with Gasteiger partial charge in [-0.2, -0.15) is 0 Å². The van der Waals surface area contributed by atoms with Crippen molar-refractivity contribution in [2.24, 2.45) is 0 Å². The molecule has 1 aliphatic rings. The van der Waals surface area contributed by atoms with Crippen molar-refractivity contribution in [1.29, 1.82) is 0 Å². The minimum absolute atomic E-state index is 0.495. The fourth-order valence-electron chi connectivity index (χ4n) is 3.94. The summed E-state index contributed by atoms with van der Waals surface area (Å²) in [6.45, 7) is 2.56. The number of ether oxygens (including phenoxy) is 2. The molecule has 4 rings (SSSR count). The van der Waals surface area contributed by atoms with Crippen LogP contribution in [0.2, 0.25) is 0 Å². The third kappa shape index (κ3) is 3.91. The van der Waals surface area contributed by atoms with E-state index in [9.17, 15) is 0 Å². The van der Waals surface area contributed by atoms with E-state index in [0.29, 0.717) is 5.92 Å². The number of benzene rings is 2. The van der Waals surface area contributed by atoms with E-state index >= 15 is 0 Å². The molecular formula is C23H26N2O2. The molecule has 4 heteroatoms. The highest BCUT2D eigenvalue weighted by molar-refractivity contribution is 5.62. The maximum Gasteiger partial charge on any atom is 0.122 e. The van der Waals surface area contributed by atoms with Crippen LogP contribution in [0.1, 0.15) is 30.0 Å². The smallest absolute Gasteiger partial charge is 0.122 e. The number of imidazole rings is 1. The largest absolute Gasteiger partial charge is 0.496 e. The molecule has 0 atom stereocenters. The fraction of sp³-hybridized carbons (Fsp3) is 0.348. The summed E-state index contributed by atoms with van der Waals surface area (Å²) in [5.74, 6) is 1.45. The van der Waals surface area contributed by atoms with Gasteiger partial charge in [0.2, 0.25) is 0 Å². The Bertz CT molecular complexity index is 867. The number of hydrogen-bond acceptors (Lipinski definition) is 3. The second-order valence-corrected chi connectivity index (χ2v) is 6.99. The molecule has 0 unspecified atom stereocenters. The molecule has 140 valence electrons. The van der Waals surface area contributed by atoms with Gasteiger partial charge in [-0.05, 0) is 30.9 Å². The summed E-state index contributed by atoms with van der Waals surface area (Å²) in [4.78, 5) is 4.81. The zero-order chi connectivity index (χ0) is 18.5. The summed E-state index contributed by atoms with van der Waals surface area (Å²) in [5.41, 5.74) is 4.88. The highest BCUT2D eigenvalue weighted by atomic mass is 16.5. The van der Waals surface area contributed by atoms with Gasteiger partial charge in [0.15, 0.2) is 0 Å². The highest BCUT2D eigenvalue weighted by Crippen LogP contribution is 2.34. The molecule has 3 aromatic rings. The standard InChI is InChI=1S/C23H26N2O2/c1-26-21-10-6-5-7-18(21)11-14-25-17-24-22(19-8-3-2-4-9-19)23(25)20-12-15-27-16-13-20/h2-10,17,20H,11-16H2,1H3. The van der Waals surface area contributed by atoms with Gasteiger partial charge in [0, 0.05) is 36.9 Å². The average Bonchev–Trinajstić information content (AvgIpc) is 3.17. The van der Waals surface area contributed by atoms with Crippen molar-refractivity contribution in [3.63, 3.8) is 0 Å². The Kier molecular flexibility index (Phi) is 5.54. The first-order chi connectivity index (χ1) is 13.4. The predicted molar refractivity (Wildman–Crippen MR) is 107 cm³/mol. The summed E-state index contributed by atoms with van der Waals surface area (Å²) in [6, 6.07) is 18.8. The molecule has 2 aromatic carbocycles. The van der Waals surface area contributed by atoms with Gasteiger partial charge in [0.25, 0.3) is 0 Å². The van der Waals surface area contributed by atoms with E-state index in [1.165, 1.54) is 16.8 Å². The van der Waals surface area contributed by atoms with Gasteiger partial charge in [0.1, 0.15) is 5.75 Å². The molecule has 0 aliphatic carbocycles. The number of methoxy groups -OCH3 is 1. The summed E-state index contributed by atoms with van der Waals surface area (Å²) in [7, 11) is 1.73. The molecule has 0 spiro atoms. The van der Waals surface area contributed by atoms with E-state index in [1.807, 2.05) is 18.5 Å². The zero-order valence-corrected chi connectivity index (χ0v) is 15.8. The van der Waals surface area contributed by atoms with Gasteiger partial charge in [-0.15, -0.1) is 0 Å². The van der Waals surface area contributed by atoms with Gasteiger partial charge < -0.3 is 14.0 Å². The summed E-state index contributed by atoms with van der Waals surface area (Å²) < 4.78 is 13.4. The normalized spacial score (nSPS) is 15.0. The number of nitrogens with zero attached hydrogens (tertiary/aromatic N) is 2. The lowest BCUT2D eigenvalue weighted by Crippen LogP contribution is -2.18. The Balaban J connectivity index is 1.64. The first kappa shape index (κ1) is 17.8. The van der Waals surface area contributed by atoms with Crippen molar-refractivity contribution >= 4 is 0 Å². The van der Waals surface area contributed by atoms with Crippen molar-refractivity contribution in [3.8, 4) is 17.0 Å². The molecule has 0 radical (unpaired) electrons. The molecule has 4 nitrogen and oxygen atoms in total. The lowest BCUT2D eigenvalue weighted by molar-refractivity contribution is 0.0838. The van der Waals surface area contributed by atoms with Crippen LogP contribution >= 0.6 is 0 Å². The molecule has 1 aliphatic heterocycles. The second kappa shape index (κ2) is 8.40. The summed E-state index contributed by atoms with van der Waals surface area (Å²) in [6.07, 6.45) is 5.04. The average molecular weight is 362 g/mol. The molecule has 0 amide bonds. The van der Waals surface area contributed by atoms with Crippen molar-refractivity contribution < 1.29 is 9.47 Å². The highest BCUT2D eigenvalue weighted by Gasteiger charge is 2.24. The molecule has 2 heterocycles. The van der Waals surface area contributed by atoms with Crippen LogP contribution in [0.15, 0.2) is 60.9 Å². The molecule has 1 saturated heterocycles. The molecule has 1 fully saturated rings. The Morgan fingerprint density at radius 1 is 1.04 bits per heavy atom. The maximum atomic E-state index is 5.60. The Labute approximate surface area is 160 Å². The summed E-state index contributed by atoms with van der Waals surface area (Å²) in [5, 5.41) is 0. The first-order valence-electron chi connectivity index (χ1n) is 9.67. The fourth-order valence-corrected chi connectivity index (χ4v) is 3.94. The third-order valence-electron chi connectivity index (χ3n) is 5.35. The quantitative estimate of drug-likeness (QED) is 0.638. The SMILES string of the molecule is COc1ccccc1CCn1cnc(-c2ccccc2)c1C1CCOCC1. The zero-order valence-electron chi connectivity index (χ0n) is 15.8. The molecule has 0 saturated carbocycles. The predicted octanol–water partition coefficient (Wildman–Crippen LogP) is 4.70. The Morgan fingerprint density at radius 2 is 1.78 bits per heavy atom. The minimum Gasteiger partial charge on any atom is -0.496 e. The van der Waals surface area contributed by atoms with Crippen LogP contribution in [0.25, 0.3) is 11.3 Å². The van der Waals surface area contributed by atoms with E-state index in [2.05, 4.69) is 47.0 Å². The van der Waals surface area contributed by atoms with Gasteiger partial charge in [0.05, 0.1) is 19.1 Å². The Hall–Kier alpha value is -2.59. The number of aryl methyl sites for hydroxylation is 2. The van der Waals surface area contributed by atoms with E-state index in [4.69, 9.17) is 14.5 Å². The van der Waals surface area contributed by atoms with E-state index in [0.717, 1.165) is 50.5 Å². The van der Waals surface area contributed by atoms with Gasteiger partial charge >= 0.3 is 0 Å². The second-order valence-electron chi connectivity index (χ2n) is 6.99. The minimum atomic E-state index is 0.495. The summed E-state index contributed by atoms with van der Waals surface area (Å²) >= 11 is 0. The maximum absolute atomic E-state index is 5.60. The molecule has 27 heavy (non-hydrogen) atoms. The van der Waals surface area contributed by atoms with Crippen LogP contribution < -0.4 is 4.74 Å². The topological polar surface area (TPSA) is 36.3 Å². The van der Waals surface area contributed by atoms with Crippen molar-refractivity contribution in [1.82, 2.24) is 9.55 Å². The van der Waals surface area contributed by atoms with Gasteiger partial charge in [-0.1, -0.05) is 48.5 Å². The van der Waals surface area contributed by atoms with E-state index in [-0.39, 0.29) is 0 Å².